The highest BCUT2D eigenvalue weighted by atomic mass is 32.1. The highest BCUT2D eigenvalue weighted by Gasteiger charge is 2.23. The van der Waals surface area contributed by atoms with Crippen LogP contribution in [0.3, 0.4) is 0 Å². The quantitative estimate of drug-likeness (QED) is 0.705. The molecule has 0 saturated heterocycles. The minimum atomic E-state index is -1.03. The minimum Gasteiger partial charge on any atom is -0.386 e. The average Bonchev–Trinajstić information content (AvgIpc) is 3.02. The van der Waals surface area contributed by atoms with Gasteiger partial charge in [-0.3, -0.25) is 4.79 Å². The second kappa shape index (κ2) is 7.28. The lowest BCUT2D eigenvalue weighted by atomic mass is 10.00. The van der Waals surface area contributed by atoms with E-state index < -0.39 is 18.0 Å². The zero-order valence-electron chi connectivity index (χ0n) is 13.9. The SMILES string of the molecule is CCc1cc(=O)n2nc(N[C@H](CC)[C@@H](O)c3ccccc3F)sc2n1. The number of aliphatic hydroxyl groups excluding tert-OH is 1. The van der Waals surface area contributed by atoms with Gasteiger partial charge in [-0.1, -0.05) is 43.4 Å². The Morgan fingerprint density at radius 2 is 2.12 bits per heavy atom. The zero-order chi connectivity index (χ0) is 18.0. The van der Waals surface area contributed by atoms with Gasteiger partial charge in [0.25, 0.3) is 5.56 Å². The number of fused-ring (bicyclic) bond motifs is 1. The van der Waals surface area contributed by atoms with Crippen LogP contribution in [0.15, 0.2) is 35.1 Å². The Balaban J connectivity index is 1.89. The van der Waals surface area contributed by atoms with E-state index in [2.05, 4.69) is 15.4 Å². The lowest BCUT2D eigenvalue weighted by Crippen LogP contribution is -2.27. The van der Waals surface area contributed by atoms with Crippen molar-refractivity contribution >= 4 is 21.4 Å². The first kappa shape index (κ1) is 17.5. The molecular formula is C17H19FN4O2S. The summed E-state index contributed by atoms with van der Waals surface area (Å²) >= 11 is 1.23. The predicted molar refractivity (Wildman–Crippen MR) is 95.6 cm³/mol. The van der Waals surface area contributed by atoms with Gasteiger partial charge in [-0.25, -0.2) is 9.37 Å². The molecule has 0 aliphatic carbocycles. The summed E-state index contributed by atoms with van der Waals surface area (Å²) in [7, 11) is 0. The maximum absolute atomic E-state index is 13.9. The molecule has 2 N–H and O–H groups in total. The molecule has 8 heteroatoms. The number of aromatic nitrogens is 3. The summed E-state index contributed by atoms with van der Waals surface area (Å²) in [5.74, 6) is -0.454. The van der Waals surface area contributed by atoms with Crippen molar-refractivity contribution in [1.82, 2.24) is 14.6 Å². The van der Waals surface area contributed by atoms with E-state index in [-0.39, 0.29) is 11.1 Å². The largest absolute Gasteiger partial charge is 0.386 e. The molecule has 0 aliphatic heterocycles. The number of hydrogen-bond acceptors (Lipinski definition) is 6. The molecule has 1 aromatic carbocycles. The van der Waals surface area contributed by atoms with E-state index >= 15 is 0 Å². The summed E-state index contributed by atoms with van der Waals surface area (Å²) in [6.45, 7) is 3.81. The highest BCUT2D eigenvalue weighted by Crippen LogP contribution is 2.26. The minimum absolute atomic E-state index is 0.228. The highest BCUT2D eigenvalue weighted by molar-refractivity contribution is 7.20. The second-order valence-electron chi connectivity index (χ2n) is 5.67. The number of nitrogens with zero attached hydrogens (tertiary/aromatic N) is 3. The summed E-state index contributed by atoms with van der Waals surface area (Å²) < 4.78 is 15.2. The Hall–Kier alpha value is -2.32. The summed E-state index contributed by atoms with van der Waals surface area (Å²) in [5.41, 5.74) is 0.694. The summed E-state index contributed by atoms with van der Waals surface area (Å²) in [4.78, 5) is 16.9. The van der Waals surface area contributed by atoms with E-state index in [4.69, 9.17) is 0 Å². The van der Waals surface area contributed by atoms with Gasteiger partial charge >= 0.3 is 0 Å². The number of halogens is 1. The number of aryl methyl sites for hydroxylation is 1. The number of nitrogens with one attached hydrogen (secondary N) is 1. The fourth-order valence-electron chi connectivity index (χ4n) is 2.59. The van der Waals surface area contributed by atoms with E-state index in [1.54, 1.807) is 18.2 Å². The van der Waals surface area contributed by atoms with Crippen LogP contribution in [-0.2, 0) is 6.42 Å². The van der Waals surface area contributed by atoms with Crippen molar-refractivity contribution in [2.75, 3.05) is 5.32 Å². The summed E-state index contributed by atoms with van der Waals surface area (Å²) in [6, 6.07) is 7.15. The molecule has 0 amide bonds. The fraction of sp³-hybridized carbons (Fsp3) is 0.353. The summed E-state index contributed by atoms with van der Waals surface area (Å²) in [6.07, 6.45) is 0.179. The Morgan fingerprint density at radius 1 is 1.36 bits per heavy atom. The van der Waals surface area contributed by atoms with Crippen LogP contribution < -0.4 is 10.9 Å². The van der Waals surface area contributed by atoms with Crippen molar-refractivity contribution in [1.29, 1.82) is 0 Å². The molecule has 0 unspecified atom stereocenters. The molecule has 3 rings (SSSR count). The molecule has 2 atom stereocenters. The van der Waals surface area contributed by atoms with Gasteiger partial charge in [0.1, 0.15) is 11.9 Å². The molecule has 0 radical (unpaired) electrons. The first-order valence-corrected chi connectivity index (χ1v) is 8.94. The van der Waals surface area contributed by atoms with Gasteiger partial charge in [0.15, 0.2) is 0 Å². The lowest BCUT2D eigenvalue weighted by molar-refractivity contribution is 0.148. The molecule has 6 nitrogen and oxygen atoms in total. The lowest BCUT2D eigenvalue weighted by Gasteiger charge is -2.23. The van der Waals surface area contributed by atoms with Gasteiger partial charge in [0.05, 0.1) is 6.04 Å². The van der Waals surface area contributed by atoms with E-state index in [0.717, 1.165) is 0 Å². The third-order valence-corrected chi connectivity index (χ3v) is 4.85. The van der Waals surface area contributed by atoms with Crippen LogP contribution >= 0.6 is 11.3 Å². The van der Waals surface area contributed by atoms with Gasteiger partial charge in [0, 0.05) is 17.3 Å². The number of hydrogen-bond donors (Lipinski definition) is 2. The number of aliphatic hydroxyl groups is 1. The van der Waals surface area contributed by atoms with Crippen molar-refractivity contribution < 1.29 is 9.50 Å². The molecule has 3 aromatic rings. The molecule has 2 aromatic heterocycles. The van der Waals surface area contributed by atoms with Gasteiger partial charge < -0.3 is 10.4 Å². The van der Waals surface area contributed by atoms with Crippen LogP contribution in [0.1, 0.15) is 37.6 Å². The van der Waals surface area contributed by atoms with Crippen LogP contribution in [0.5, 0.6) is 0 Å². The van der Waals surface area contributed by atoms with Crippen LogP contribution in [-0.4, -0.2) is 25.7 Å². The average molecular weight is 362 g/mol. The smallest absolute Gasteiger partial charge is 0.275 e. The first-order chi connectivity index (χ1) is 12.0. The van der Waals surface area contributed by atoms with Crippen LogP contribution in [0, 0.1) is 5.82 Å². The fourth-order valence-corrected chi connectivity index (χ4v) is 3.48. The topological polar surface area (TPSA) is 79.5 Å². The first-order valence-electron chi connectivity index (χ1n) is 8.12. The molecule has 2 heterocycles. The normalized spacial score (nSPS) is 13.8. The van der Waals surface area contributed by atoms with E-state index in [1.165, 1.54) is 28.0 Å². The third-order valence-electron chi connectivity index (χ3n) is 4.01. The van der Waals surface area contributed by atoms with Gasteiger partial charge in [0.2, 0.25) is 10.1 Å². The Kier molecular flexibility index (Phi) is 5.10. The van der Waals surface area contributed by atoms with Crippen LogP contribution in [0.2, 0.25) is 0 Å². The molecule has 0 bridgehead atoms. The molecule has 0 aliphatic rings. The van der Waals surface area contributed by atoms with Crippen molar-refractivity contribution in [3.05, 3.63) is 57.8 Å². The molecule has 0 fully saturated rings. The van der Waals surface area contributed by atoms with Crippen LogP contribution in [0.25, 0.3) is 4.96 Å². The van der Waals surface area contributed by atoms with Gasteiger partial charge in [-0.15, -0.1) is 5.10 Å². The molecule has 25 heavy (non-hydrogen) atoms. The molecular weight excluding hydrogens is 343 g/mol. The van der Waals surface area contributed by atoms with Gasteiger partial charge in [-0.2, -0.15) is 4.52 Å². The Labute approximate surface area is 148 Å². The zero-order valence-corrected chi connectivity index (χ0v) is 14.8. The maximum atomic E-state index is 13.9. The maximum Gasteiger partial charge on any atom is 0.275 e. The Morgan fingerprint density at radius 3 is 2.80 bits per heavy atom. The van der Waals surface area contributed by atoms with Crippen molar-refractivity contribution in [3.63, 3.8) is 0 Å². The number of anilines is 1. The number of benzene rings is 1. The predicted octanol–water partition coefficient (Wildman–Crippen LogP) is 2.78. The van der Waals surface area contributed by atoms with Crippen LogP contribution in [0.4, 0.5) is 9.52 Å². The monoisotopic (exact) mass is 362 g/mol. The molecule has 132 valence electrons. The standard InChI is InChI=1S/C17H19FN4O2S/c1-3-10-9-14(23)22-17(19-10)25-16(21-22)20-13(4-2)15(24)11-7-5-6-8-12(11)18/h5-9,13,15,24H,3-4H2,1-2H3,(H,20,21)/t13-,15+/m1/s1. The van der Waals surface area contributed by atoms with Gasteiger partial charge in [-0.05, 0) is 18.9 Å². The van der Waals surface area contributed by atoms with E-state index in [9.17, 15) is 14.3 Å². The van der Waals surface area contributed by atoms with Crippen molar-refractivity contribution in [2.24, 2.45) is 0 Å². The Bertz CT molecular complexity index is 940. The van der Waals surface area contributed by atoms with E-state index in [1.807, 2.05) is 13.8 Å². The molecule has 0 saturated carbocycles. The number of rotatable bonds is 6. The third kappa shape index (κ3) is 3.54. The molecule has 0 spiro atoms. The van der Waals surface area contributed by atoms with Crippen molar-refractivity contribution in [2.45, 2.75) is 38.8 Å². The second-order valence-corrected chi connectivity index (χ2v) is 6.62. The van der Waals surface area contributed by atoms with Crippen molar-refractivity contribution in [3.8, 4) is 0 Å². The summed E-state index contributed by atoms with van der Waals surface area (Å²) in [5, 5.41) is 18.3. The van der Waals surface area contributed by atoms with E-state index in [0.29, 0.717) is 28.6 Å².